The standard InChI is InChI=1S/C16H14BrClO2/c1-3-20-14-8-7-11(17)9-13(14)16(19)12-6-4-5-10(2)15(12)18/h4-9H,3H2,1-2H3. The lowest BCUT2D eigenvalue weighted by molar-refractivity contribution is 0.103. The minimum Gasteiger partial charge on any atom is -0.493 e. The molecule has 0 aliphatic rings. The predicted octanol–water partition coefficient (Wildman–Crippen LogP) is 5.04. The molecule has 104 valence electrons. The SMILES string of the molecule is CCOc1ccc(Br)cc1C(=O)c1cccc(C)c1Cl. The zero-order valence-electron chi connectivity index (χ0n) is 11.2. The largest absolute Gasteiger partial charge is 0.493 e. The number of aryl methyl sites for hydroxylation is 1. The molecule has 0 heterocycles. The summed E-state index contributed by atoms with van der Waals surface area (Å²) in [6.07, 6.45) is 0. The fraction of sp³-hybridized carbons (Fsp3) is 0.188. The third-order valence-corrected chi connectivity index (χ3v) is 3.92. The topological polar surface area (TPSA) is 26.3 Å². The molecule has 2 aromatic rings. The molecule has 2 rings (SSSR count). The Morgan fingerprint density at radius 1 is 1.25 bits per heavy atom. The molecule has 0 saturated heterocycles. The molecule has 0 amide bonds. The van der Waals surface area contributed by atoms with Crippen LogP contribution in [-0.4, -0.2) is 12.4 Å². The number of carbonyl (C=O) groups is 1. The summed E-state index contributed by atoms with van der Waals surface area (Å²) in [6.45, 7) is 4.27. The first kappa shape index (κ1) is 15.1. The molecular weight excluding hydrogens is 340 g/mol. The number of hydrogen-bond acceptors (Lipinski definition) is 2. The van der Waals surface area contributed by atoms with Crippen LogP contribution in [0.2, 0.25) is 5.02 Å². The van der Waals surface area contributed by atoms with Crippen molar-refractivity contribution in [3.05, 3.63) is 62.6 Å². The van der Waals surface area contributed by atoms with E-state index in [2.05, 4.69) is 15.9 Å². The second-order valence-electron chi connectivity index (χ2n) is 4.34. The Kier molecular flexibility index (Phi) is 4.84. The Hall–Kier alpha value is -1.32. The first-order chi connectivity index (χ1) is 9.54. The summed E-state index contributed by atoms with van der Waals surface area (Å²) in [5, 5.41) is 0.486. The average molecular weight is 354 g/mol. The van der Waals surface area contributed by atoms with Crippen molar-refractivity contribution in [1.29, 1.82) is 0 Å². The second-order valence-corrected chi connectivity index (χ2v) is 5.63. The van der Waals surface area contributed by atoms with Crippen molar-refractivity contribution in [2.45, 2.75) is 13.8 Å². The molecule has 0 N–H and O–H groups in total. The molecule has 0 fully saturated rings. The monoisotopic (exact) mass is 352 g/mol. The number of ether oxygens (including phenoxy) is 1. The van der Waals surface area contributed by atoms with Crippen molar-refractivity contribution in [2.75, 3.05) is 6.61 Å². The van der Waals surface area contributed by atoms with Crippen molar-refractivity contribution in [1.82, 2.24) is 0 Å². The molecule has 0 bridgehead atoms. The van der Waals surface area contributed by atoms with E-state index in [1.807, 2.05) is 32.0 Å². The number of halogens is 2. The van der Waals surface area contributed by atoms with Crippen molar-refractivity contribution in [3.63, 3.8) is 0 Å². The molecule has 0 saturated carbocycles. The Morgan fingerprint density at radius 2 is 2.00 bits per heavy atom. The highest BCUT2D eigenvalue weighted by Gasteiger charge is 2.18. The van der Waals surface area contributed by atoms with Crippen LogP contribution in [-0.2, 0) is 0 Å². The quantitative estimate of drug-likeness (QED) is 0.720. The number of rotatable bonds is 4. The van der Waals surface area contributed by atoms with Crippen LogP contribution in [0.5, 0.6) is 5.75 Å². The van der Waals surface area contributed by atoms with Gasteiger partial charge < -0.3 is 4.74 Å². The van der Waals surface area contributed by atoms with E-state index < -0.39 is 0 Å². The van der Waals surface area contributed by atoms with Gasteiger partial charge in [-0.05, 0) is 43.7 Å². The minimum atomic E-state index is -0.136. The van der Waals surface area contributed by atoms with Crippen LogP contribution in [0.3, 0.4) is 0 Å². The maximum atomic E-state index is 12.7. The Balaban J connectivity index is 2.52. The Labute approximate surface area is 131 Å². The van der Waals surface area contributed by atoms with E-state index >= 15 is 0 Å². The van der Waals surface area contributed by atoms with E-state index in [0.29, 0.717) is 28.5 Å². The number of carbonyl (C=O) groups excluding carboxylic acids is 1. The van der Waals surface area contributed by atoms with Gasteiger partial charge in [0.2, 0.25) is 0 Å². The van der Waals surface area contributed by atoms with Gasteiger partial charge in [-0.25, -0.2) is 0 Å². The number of hydrogen-bond donors (Lipinski definition) is 0. The van der Waals surface area contributed by atoms with E-state index in [4.69, 9.17) is 16.3 Å². The van der Waals surface area contributed by atoms with Gasteiger partial charge in [0.15, 0.2) is 5.78 Å². The van der Waals surface area contributed by atoms with E-state index in [1.54, 1.807) is 18.2 Å². The summed E-state index contributed by atoms with van der Waals surface area (Å²) in [5.41, 5.74) is 1.88. The van der Waals surface area contributed by atoms with Crippen LogP contribution in [0.15, 0.2) is 40.9 Å². The first-order valence-electron chi connectivity index (χ1n) is 6.26. The van der Waals surface area contributed by atoms with Crippen LogP contribution < -0.4 is 4.74 Å². The van der Waals surface area contributed by atoms with Gasteiger partial charge in [0, 0.05) is 10.0 Å². The third kappa shape index (κ3) is 3.05. The highest BCUT2D eigenvalue weighted by molar-refractivity contribution is 9.10. The third-order valence-electron chi connectivity index (χ3n) is 2.92. The van der Waals surface area contributed by atoms with E-state index in [-0.39, 0.29) is 5.78 Å². The Morgan fingerprint density at radius 3 is 2.70 bits per heavy atom. The van der Waals surface area contributed by atoms with Gasteiger partial charge in [-0.2, -0.15) is 0 Å². The summed E-state index contributed by atoms with van der Waals surface area (Å²) in [4.78, 5) is 12.7. The predicted molar refractivity (Wildman–Crippen MR) is 84.9 cm³/mol. The van der Waals surface area contributed by atoms with Gasteiger partial charge in [-0.3, -0.25) is 4.79 Å². The second kappa shape index (κ2) is 6.42. The van der Waals surface area contributed by atoms with Crippen molar-refractivity contribution in [3.8, 4) is 5.75 Å². The summed E-state index contributed by atoms with van der Waals surface area (Å²) in [6, 6.07) is 10.8. The number of benzene rings is 2. The van der Waals surface area contributed by atoms with Gasteiger partial charge in [-0.15, -0.1) is 0 Å². The van der Waals surface area contributed by atoms with Crippen molar-refractivity contribution in [2.24, 2.45) is 0 Å². The highest BCUT2D eigenvalue weighted by Crippen LogP contribution is 2.29. The van der Waals surface area contributed by atoms with Crippen LogP contribution in [0.4, 0.5) is 0 Å². The summed E-state index contributed by atoms with van der Waals surface area (Å²) >= 11 is 9.61. The highest BCUT2D eigenvalue weighted by atomic mass is 79.9. The van der Waals surface area contributed by atoms with Gasteiger partial charge >= 0.3 is 0 Å². The van der Waals surface area contributed by atoms with Crippen molar-refractivity contribution < 1.29 is 9.53 Å². The fourth-order valence-corrected chi connectivity index (χ4v) is 2.50. The molecule has 0 spiro atoms. The molecular formula is C16H14BrClO2. The first-order valence-corrected chi connectivity index (χ1v) is 7.44. The molecule has 0 aromatic heterocycles. The normalized spacial score (nSPS) is 10.4. The molecule has 2 nitrogen and oxygen atoms in total. The lowest BCUT2D eigenvalue weighted by atomic mass is 10.0. The molecule has 4 heteroatoms. The zero-order chi connectivity index (χ0) is 14.7. The summed E-state index contributed by atoms with van der Waals surface area (Å²) in [7, 11) is 0. The maximum absolute atomic E-state index is 12.7. The molecule has 0 atom stereocenters. The van der Waals surface area contributed by atoms with Gasteiger partial charge in [-0.1, -0.05) is 39.7 Å². The van der Waals surface area contributed by atoms with E-state index in [1.165, 1.54) is 0 Å². The zero-order valence-corrected chi connectivity index (χ0v) is 13.6. The molecule has 0 radical (unpaired) electrons. The summed E-state index contributed by atoms with van der Waals surface area (Å²) in [5.74, 6) is 0.432. The maximum Gasteiger partial charge on any atom is 0.198 e. The molecule has 20 heavy (non-hydrogen) atoms. The van der Waals surface area contributed by atoms with E-state index in [9.17, 15) is 4.79 Å². The summed E-state index contributed by atoms with van der Waals surface area (Å²) < 4.78 is 6.35. The molecule has 2 aromatic carbocycles. The van der Waals surface area contributed by atoms with Crippen LogP contribution in [0.1, 0.15) is 28.4 Å². The van der Waals surface area contributed by atoms with Crippen molar-refractivity contribution >= 4 is 33.3 Å². The molecule has 0 unspecified atom stereocenters. The van der Waals surface area contributed by atoms with Gasteiger partial charge in [0.05, 0.1) is 17.2 Å². The smallest absolute Gasteiger partial charge is 0.198 e. The van der Waals surface area contributed by atoms with Crippen LogP contribution in [0.25, 0.3) is 0 Å². The molecule has 0 aliphatic carbocycles. The average Bonchev–Trinajstić information content (AvgIpc) is 2.43. The van der Waals surface area contributed by atoms with Crippen LogP contribution >= 0.6 is 27.5 Å². The fourth-order valence-electron chi connectivity index (χ4n) is 1.93. The van der Waals surface area contributed by atoms with Gasteiger partial charge in [0.25, 0.3) is 0 Å². The van der Waals surface area contributed by atoms with E-state index in [0.717, 1.165) is 10.0 Å². The lowest BCUT2D eigenvalue weighted by Gasteiger charge is -2.11. The lowest BCUT2D eigenvalue weighted by Crippen LogP contribution is -2.06. The number of ketones is 1. The van der Waals surface area contributed by atoms with Crippen LogP contribution in [0, 0.1) is 6.92 Å². The minimum absolute atomic E-state index is 0.136. The molecule has 0 aliphatic heterocycles. The Bertz CT molecular complexity index is 653. The van der Waals surface area contributed by atoms with Gasteiger partial charge in [0.1, 0.15) is 5.75 Å².